The summed E-state index contributed by atoms with van der Waals surface area (Å²) < 4.78 is 17.3. The summed E-state index contributed by atoms with van der Waals surface area (Å²) in [4.78, 5) is 0. The quantitative estimate of drug-likeness (QED) is 0.275. The third kappa shape index (κ3) is 5.89. The number of azo groups is 1. The zero-order valence-corrected chi connectivity index (χ0v) is 17.0. The molecule has 1 saturated carbocycles. The van der Waals surface area contributed by atoms with Gasteiger partial charge in [0.15, 0.2) is 6.29 Å². The fourth-order valence-corrected chi connectivity index (χ4v) is 4.42. The van der Waals surface area contributed by atoms with E-state index in [4.69, 9.17) is 14.2 Å². The van der Waals surface area contributed by atoms with Crippen LogP contribution in [-0.2, 0) is 14.2 Å². The van der Waals surface area contributed by atoms with Crippen LogP contribution in [0.4, 0.5) is 0 Å². The number of ether oxygens (including phenoxy) is 3. The van der Waals surface area contributed by atoms with Crippen molar-refractivity contribution in [3.63, 3.8) is 0 Å². The molecule has 0 aromatic heterocycles. The van der Waals surface area contributed by atoms with E-state index in [-0.39, 0.29) is 12.4 Å². The normalized spacial score (nSPS) is 34.1. The Morgan fingerprint density at radius 3 is 2.59 bits per heavy atom. The minimum Gasteiger partial charge on any atom is -0.505 e. The summed E-state index contributed by atoms with van der Waals surface area (Å²) in [6, 6.07) is 0.617. The molecule has 0 N–H and O–H groups in total. The van der Waals surface area contributed by atoms with Crippen molar-refractivity contribution < 1.29 is 14.2 Å². The zero-order chi connectivity index (χ0) is 18.9. The van der Waals surface area contributed by atoms with Crippen LogP contribution in [0.1, 0.15) is 64.7 Å². The van der Waals surface area contributed by atoms with E-state index in [2.05, 4.69) is 35.4 Å². The molecule has 0 radical (unpaired) electrons. The van der Waals surface area contributed by atoms with Crippen LogP contribution in [0.25, 0.3) is 0 Å². The molecule has 2 bridgehead atoms. The molecule has 0 aromatic carbocycles. The summed E-state index contributed by atoms with van der Waals surface area (Å²) >= 11 is 0. The molecule has 0 amide bonds. The summed E-state index contributed by atoms with van der Waals surface area (Å²) in [7, 11) is 1.69. The fourth-order valence-electron chi connectivity index (χ4n) is 4.42. The van der Waals surface area contributed by atoms with Crippen LogP contribution in [0.5, 0.6) is 0 Å². The first-order chi connectivity index (χ1) is 13.3. The van der Waals surface area contributed by atoms with Gasteiger partial charge in [0.05, 0.1) is 31.6 Å². The third-order valence-corrected chi connectivity index (χ3v) is 5.97. The predicted octanol–water partition coefficient (Wildman–Crippen LogP) is 5.42. The second-order valence-electron chi connectivity index (χ2n) is 8.03. The van der Waals surface area contributed by atoms with Crippen LogP contribution in [0.15, 0.2) is 34.7 Å². The molecule has 3 rings (SSSR count). The van der Waals surface area contributed by atoms with E-state index in [1.54, 1.807) is 13.4 Å². The molecule has 2 fully saturated rings. The van der Waals surface area contributed by atoms with Gasteiger partial charge in [-0.1, -0.05) is 44.8 Å². The van der Waals surface area contributed by atoms with Gasteiger partial charge >= 0.3 is 0 Å². The largest absolute Gasteiger partial charge is 0.505 e. The maximum Gasteiger partial charge on any atom is 0.158 e. The highest BCUT2D eigenvalue weighted by molar-refractivity contribution is 5.15. The highest BCUT2D eigenvalue weighted by atomic mass is 16.7. The minimum atomic E-state index is -0.0384. The smallest absolute Gasteiger partial charge is 0.158 e. The van der Waals surface area contributed by atoms with Gasteiger partial charge in [-0.15, -0.1) is 0 Å². The van der Waals surface area contributed by atoms with E-state index >= 15 is 0 Å². The van der Waals surface area contributed by atoms with Gasteiger partial charge < -0.3 is 14.2 Å². The number of hydrogen-bond acceptors (Lipinski definition) is 5. The Bertz CT molecular complexity index is 514. The first-order valence-electron chi connectivity index (χ1n) is 10.9. The second kappa shape index (κ2) is 11.0. The van der Waals surface area contributed by atoms with Gasteiger partial charge in [-0.2, -0.15) is 10.2 Å². The molecular formula is C22H36N2O3. The molecule has 1 aliphatic carbocycles. The van der Waals surface area contributed by atoms with Crippen molar-refractivity contribution in [3.8, 4) is 0 Å². The lowest BCUT2D eigenvalue weighted by molar-refractivity contribution is -0.179. The Labute approximate surface area is 164 Å². The summed E-state index contributed by atoms with van der Waals surface area (Å²) in [6.45, 7) is 3.08. The van der Waals surface area contributed by atoms with Gasteiger partial charge in [0, 0.05) is 18.4 Å². The van der Waals surface area contributed by atoms with Gasteiger partial charge in [0.1, 0.15) is 0 Å². The van der Waals surface area contributed by atoms with Crippen LogP contribution < -0.4 is 0 Å². The van der Waals surface area contributed by atoms with Gasteiger partial charge in [-0.05, 0) is 38.2 Å². The second-order valence-corrected chi connectivity index (χ2v) is 8.03. The van der Waals surface area contributed by atoms with Crippen molar-refractivity contribution in [2.75, 3.05) is 13.7 Å². The number of unbranched alkanes of at least 4 members (excludes halogenated alkanes) is 3. The van der Waals surface area contributed by atoms with Crippen LogP contribution in [0.3, 0.4) is 0 Å². The van der Waals surface area contributed by atoms with Crippen molar-refractivity contribution >= 4 is 0 Å². The van der Waals surface area contributed by atoms with E-state index in [1.807, 2.05) is 0 Å². The monoisotopic (exact) mass is 376 g/mol. The third-order valence-electron chi connectivity index (χ3n) is 5.97. The lowest BCUT2D eigenvalue weighted by atomic mass is 9.90. The van der Waals surface area contributed by atoms with Crippen molar-refractivity contribution in [1.82, 2.24) is 0 Å². The topological polar surface area (TPSA) is 52.4 Å². The summed E-state index contributed by atoms with van der Waals surface area (Å²) in [6.07, 6.45) is 19.2. The number of hydrogen-bond donors (Lipinski definition) is 0. The minimum absolute atomic E-state index is 0.0384. The van der Waals surface area contributed by atoms with E-state index < -0.39 is 0 Å². The number of methoxy groups -OCH3 is 1. The van der Waals surface area contributed by atoms with Crippen LogP contribution >= 0.6 is 0 Å². The van der Waals surface area contributed by atoms with Crippen molar-refractivity contribution in [1.29, 1.82) is 0 Å². The zero-order valence-electron chi connectivity index (χ0n) is 17.0. The summed E-state index contributed by atoms with van der Waals surface area (Å²) in [5.74, 6) is 0.781. The molecule has 5 nitrogen and oxygen atoms in total. The maximum absolute atomic E-state index is 6.32. The molecule has 4 unspecified atom stereocenters. The first kappa shape index (κ1) is 20.5. The van der Waals surface area contributed by atoms with Crippen molar-refractivity contribution in [3.05, 3.63) is 24.5 Å². The van der Waals surface area contributed by atoms with E-state index in [9.17, 15) is 0 Å². The highest BCUT2D eigenvalue weighted by Gasteiger charge is 2.45. The Morgan fingerprint density at radius 1 is 1.07 bits per heavy atom. The Kier molecular flexibility index (Phi) is 8.34. The Balaban J connectivity index is 1.60. The average Bonchev–Trinajstić information content (AvgIpc) is 3.30. The van der Waals surface area contributed by atoms with E-state index in [1.165, 1.54) is 32.1 Å². The molecule has 152 valence electrons. The predicted molar refractivity (Wildman–Crippen MR) is 107 cm³/mol. The van der Waals surface area contributed by atoms with Crippen molar-refractivity contribution in [2.45, 2.75) is 89.2 Å². The standard InChI is InChI=1S/C22H36N2O3/c1-3-4-5-6-9-17(27-22-10-7-8-14-26-22)11-12-18-19(13-15-25-2)21-16-20(18)23-24-21/h11-13,15,17-22H,3-10,14,16H2,1-2H3/b12-11+,15-13+/t17?,18-,19-,20?,21?,22?/m1/s1. The molecule has 5 heteroatoms. The molecule has 1 saturated heterocycles. The molecule has 6 atom stereocenters. The lowest BCUT2D eigenvalue weighted by Gasteiger charge is -2.27. The maximum atomic E-state index is 6.32. The van der Waals surface area contributed by atoms with E-state index in [0.29, 0.717) is 23.9 Å². The Hall–Kier alpha value is -1.20. The number of nitrogens with zero attached hydrogens (tertiary/aromatic N) is 2. The van der Waals surface area contributed by atoms with Gasteiger partial charge in [-0.25, -0.2) is 0 Å². The molecule has 3 aliphatic rings. The molecule has 27 heavy (non-hydrogen) atoms. The van der Waals surface area contributed by atoms with E-state index in [0.717, 1.165) is 32.3 Å². The summed E-state index contributed by atoms with van der Waals surface area (Å²) in [5, 5.41) is 8.87. The fraction of sp³-hybridized carbons (Fsp3) is 0.818. The Morgan fingerprint density at radius 2 is 1.89 bits per heavy atom. The average molecular weight is 377 g/mol. The lowest BCUT2D eigenvalue weighted by Crippen LogP contribution is -2.27. The molecule has 2 aliphatic heterocycles. The van der Waals surface area contributed by atoms with Gasteiger partial charge in [-0.3, -0.25) is 0 Å². The summed E-state index contributed by atoms with van der Waals surface area (Å²) in [5.41, 5.74) is 0. The molecule has 2 heterocycles. The van der Waals surface area contributed by atoms with Gasteiger partial charge in [0.25, 0.3) is 0 Å². The number of fused-ring (bicyclic) bond motifs is 2. The van der Waals surface area contributed by atoms with Crippen LogP contribution in [0, 0.1) is 11.8 Å². The molecule has 0 spiro atoms. The molecular weight excluding hydrogens is 340 g/mol. The number of rotatable bonds is 11. The van der Waals surface area contributed by atoms with Crippen LogP contribution in [-0.4, -0.2) is 38.2 Å². The molecule has 0 aromatic rings. The van der Waals surface area contributed by atoms with Crippen molar-refractivity contribution in [2.24, 2.45) is 22.1 Å². The SMILES string of the molecule is CCCCCCC(/C=C/[C@H]1C2CC(N=N2)[C@@H]1/C=C/OC)OC1CCCCO1. The van der Waals surface area contributed by atoms with Crippen LogP contribution in [0.2, 0.25) is 0 Å². The van der Waals surface area contributed by atoms with Gasteiger partial charge in [0.2, 0.25) is 0 Å². The first-order valence-corrected chi connectivity index (χ1v) is 10.9. The highest BCUT2D eigenvalue weighted by Crippen LogP contribution is 2.43.